The Balaban J connectivity index is 2.56. The predicted molar refractivity (Wildman–Crippen MR) is 84.5 cm³/mol. The summed E-state index contributed by atoms with van der Waals surface area (Å²) in [5.74, 6) is 0.899. The lowest BCUT2D eigenvalue weighted by molar-refractivity contribution is -0.00313. The van der Waals surface area contributed by atoms with Crippen molar-refractivity contribution in [3.63, 3.8) is 0 Å². The summed E-state index contributed by atoms with van der Waals surface area (Å²) >= 11 is 0. The van der Waals surface area contributed by atoms with Crippen molar-refractivity contribution in [3.05, 3.63) is 42.1 Å². The van der Waals surface area contributed by atoms with Crippen LogP contribution < -0.4 is 0 Å². The van der Waals surface area contributed by atoms with Gasteiger partial charge in [0.1, 0.15) is 0 Å². The number of pyridine rings is 1. The first-order valence-corrected chi connectivity index (χ1v) is 7.49. The van der Waals surface area contributed by atoms with E-state index in [0.29, 0.717) is 11.8 Å². The largest absolute Gasteiger partial charge is 0.385 e. The molecule has 0 aliphatic heterocycles. The molecule has 2 nitrogen and oxygen atoms in total. The van der Waals surface area contributed by atoms with Crippen molar-refractivity contribution >= 4 is 10.9 Å². The van der Waals surface area contributed by atoms with Crippen molar-refractivity contribution in [1.29, 1.82) is 0 Å². The summed E-state index contributed by atoms with van der Waals surface area (Å²) in [6, 6.07) is 10.1. The van der Waals surface area contributed by atoms with E-state index in [1.54, 1.807) is 6.20 Å². The predicted octanol–water partition coefficient (Wildman–Crippen LogP) is 4.51. The normalized spacial score (nSPS) is 12.6. The number of nitrogens with zero attached hydrogens (tertiary/aromatic N) is 1. The molecule has 0 unspecified atom stereocenters. The molecule has 108 valence electrons. The van der Waals surface area contributed by atoms with Gasteiger partial charge < -0.3 is 5.11 Å². The summed E-state index contributed by atoms with van der Waals surface area (Å²) in [7, 11) is 0. The maximum Gasteiger partial charge on any atom is 0.0908 e. The monoisotopic (exact) mass is 271 g/mol. The van der Waals surface area contributed by atoms with Gasteiger partial charge in [-0.3, -0.25) is 4.98 Å². The highest BCUT2D eigenvalue weighted by Crippen LogP contribution is 2.38. The SMILES string of the molecule is CC(C)CC(O)(CC(C)C)c1cccc2ncccc12. The Morgan fingerprint density at radius 3 is 2.25 bits per heavy atom. The maximum atomic E-state index is 11.3. The number of rotatable bonds is 5. The van der Waals surface area contributed by atoms with Crippen molar-refractivity contribution < 1.29 is 5.11 Å². The van der Waals surface area contributed by atoms with E-state index in [0.717, 1.165) is 29.3 Å². The van der Waals surface area contributed by atoms with Crippen LogP contribution in [0.25, 0.3) is 10.9 Å². The van der Waals surface area contributed by atoms with Gasteiger partial charge in [0.25, 0.3) is 0 Å². The quantitative estimate of drug-likeness (QED) is 0.867. The Morgan fingerprint density at radius 2 is 1.65 bits per heavy atom. The zero-order chi connectivity index (χ0) is 14.8. The highest BCUT2D eigenvalue weighted by atomic mass is 16.3. The second-order valence-electron chi connectivity index (χ2n) is 6.60. The molecule has 0 fully saturated rings. The third kappa shape index (κ3) is 3.18. The summed E-state index contributed by atoms with van der Waals surface area (Å²) in [5, 5.41) is 12.4. The molecule has 20 heavy (non-hydrogen) atoms. The van der Waals surface area contributed by atoms with E-state index < -0.39 is 5.60 Å². The summed E-state index contributed by atoms with van der Waals surface area (Å²) in [6.45, 7) is 8.65. The van der Waals surface area contributed by atoms with Gasteiger partial charge in [0, 0.05) is 11.6 Å². The minimum Gasteiger partial charge on any atom is -0.385 e. The highest BCUT2D eigenvalue weighted by molar-refractivity contribution is 5.82. The van der Waals surface area contributed by atoms with E-state index in [1.165, 1.54) is 0 Å². The van der Waals surface area contributed by atoms with Crippen LogP contribution in [0.15, 0.2) is 36.5 Å². The minimum absolute atomic E-state index is 0.450. The van der Waals surface area contributed by atoms with Crippen LogP contribution in [0.5, 0.6) is 0 Å². The standard InChI is InChI=1S/C18H25NO/c1-13(2)11-18(20,12-14(3)4)16-8-5-9-17-15(16)7-6-10-19-17/h5-10,13-14,20H,11-12H2,1-4H3. The van der Waals surface area contributed by atoms with E-state index in [-0.39, 0.29) is 0 Å². The van der Waals surface area contributed by atoms with Gasteiger partial charge in [0.2, 0.25) is 0 Å². The molecule has 1 heterocycles. The Labute approximate surface area is 121 Å². The third-order valence-electron chi connectivity index (χ3n) is 3.64. The lowest BCUT2D eigenvalue weighted by atomic mass is 9.78. The molecule has 0 spiro atoms. The van der Waals surface area contributed by atoms with E-state index in [2.05, 4.69) is 44.8 Å². The number of hydrogen-bond acceptors (Lipinski definition) is 2. The van der Waals surface area contributed by atoms with Crippen molar-refractivity contribution in [2.24, 2.45) is 11.8 Å². The molecule has 0 radical (unpaired) electrons. The Bertz CT molecular complexity index is 559. The molecular formula is C18H25NO. The first-order valence-electron chi connectivity index (χ1n) is 7.49. The molecule has 0 aliphatic carbocycles. The van der Waals surface area contributed by atoms with Gasteiger partial charge in [-0.05, 0) is 42.4 Å². The van der Waals surface area contributed by atoms with Crippen LogP contribution in [-0.2, 0) is 5.60 Å². The minimum atomic E-state index is -0.773. The average Bonchev–Trinajstić information content (AvgIpc) is 2.36. The van der Waals surface area contributed by atoms with Crippen molar-refractivity contribution in [1.82, 2.24) is 4.98 Å². The molecular weight excluding hydrogens is 246 g/mol. The molecule has 0 saturated heterocycles. The van der Waals surface area contributed by atoms with Gasteiger partial charge in [0.15, 0.2) is 0 Å². The van der Waals surface area contributed by atoms with Crippen LogP contribution in [0.2, 0.25) is 0 Å². The summed E-state index contributed by atoms with van der Waals surface area (Å²) in [5.41, 5.74) is 1.20. The molecule has 2 aromatic rings. The maximum absolute atomic E-state index is 11.3. The molecule has 0 aliphatic rings. The van der Waals surface area contributed by atoms with Crippen LogP contribution in [0.4, 0.5) is 0 Å². The molecule has 1 aromatic heterocycles. The first-order chi connectivity index (χ1) is 9.42. The number of aliphatic hydroxyl groups is 1. The Hall–Kier alpha value is -1.41. The molecule has 0 amide bonds. The highest BCUT2D eigenvalue weighted by Gasteiger charge is 2.32. The van der Waals surface area contributed by atoms with E-state index in [1.807, 2.05) is 18.2 Å². The molecule has 0 atom stereocenters. The molecule has 1 aromatic carbocycles. The summed E-state index contributed by atoms with van der Waals surface area (Å²) < 4.78 is 0. The van der Waals surface area contributed by atoms with Crippen molar-refractivity contribution in [2.45, 2.75) is 46.1 Å². The summed E-state index contributed by atoms with van der Waals surface area (Å²) in [4.78, 5) is 4.40. The van der Waals surface area contributed by atoms with Crippen LogP contribution in [-0.4, -0.2) is 10.1 Å². The first kappa shape index (κ1) is 15.0. The summed E-state index contributed by atoms with van der Waals surface area (Å²) in [6.07, 6.45) is 3.36. The Morgan fingerprint density at radius 1 is 1.00 bits per heavy atom. The van der Waals surface area contributed by atoms with E-state index in [4.69, 9.17) is 0 Å². The van der Waals surface area contributed by atoms with Gasteiger partial charge in [0.05, 0.1) is 11.1 Å². The van der Waals surface area contributed by atoms with Crippen molar-refractivity contribution in [2.75, 3.05) is 0 Å². The number of hydrogen-bond donors (Lipinski definition) is 1. The van der Waals surface area contributed by atoms with Gasteiger partial charge in [-0.15, -0.1) is 0 Å². The van der Waals surface area contributed by atoms with Gasteiger partial charge in [-0.25, -0.2) is 0 Å². The second-order valence-corrected chi connectivity index (χ2v) is 6.60. The lowest BCUT2D eigenvalue weighted by Crippen LogP contribution is -2.30. The number of aromatic nitrogens is 1. The average molecular weight is 271 g/mol. The molecule has 0 bridgehead atoms. The fourth-order valence-corrected chi connectivity index (χ4v) is 3.16. The van der Waals surface area contributed by atoms with Gasteiger partial charge >= 0.3 is 0 Å². The molecule has 2 rings (SSSR count). The third-order valence-corrected chi connectivity index (χ3v) is 3.64. The smallest absolute Gasteiger partial charge is 0.0908 e. The molecule has 2 heteroatoms. The van der Waals surface area contributed by atoms with Gasteiger partial charge in [-0.1, -0.05) is 45.9 Å². The number of benzene rings is 1. The van der Waals surface area contributed by atoms with Crippen molar-refractivity contribution in [3.8, 4) is 0 Å². The number of fused-ring (bicyclic) bond motifs is 1. The van der Waals surface area contributed by atoms with E-state index >= 15 is 0 Å². The molecule has 1 N–H and O–H groups in total. The zero-order valence-corrected chi connectivity index (χ0v) is 12.9. The fourth-order valence-electron chi connectivity index (χ4n) is 3.16. The van der Waals surface area contributed by atoms with Crippen LogP contribution in [0, 0.1) is 11.8 Å². The zero-order valence-electron chi connectivity index (χ0n) is 12.9. The van der Waals surface area contributed by atoms with Gasteiger partial charge in [-0.2, -0.15) is 0 Å². The van der Waals surface area contributed by atoms with Crippen LogP contribution >= 0.6 is 0 Å². The lowest BCUT2D eigenvalue weighted by Gasteiger charge is -2.33. The van der Waals surface area contributed by atoms with Crippen LogP contribution in [0.3, 0.4) is 0 Å². The van der Waals surface area contributed by atoms with Crippen LogP contribution in [0.1, 0.15) is 46.1 Å². The Kier molecular flexibility index (Phi) is 4.44. The fraction of sp³-hybridized carbons (Fsp3) is 0.500. The topological polar surface area (TPSA) is 33.1 Å². The molecule has 0 saturated carbocycles. The van der Waals surface area contributed by atoms with E-state index in [9.17, 15) is 5.11 Å². The second kappa shape index (κ2) is 5.92.